The first-order valence-electron chi connectivity index (χ1n) is 6.54. The Bertz CT molecular complexity index is 407. The standard InChI is InChI=1S/C13H19N3O2/c1-3-10-11(17)15-4-5-16(10)12(18)13(8-14)6-9(2)7-13/h9-10H,3-7H2,1-2H3,(H,15,17). The van der Waals surface area contributed by atoms with Crippen molar-refractivity contribution >= 4 is 11.8 Å². The first-order chi connectivity index (χ1) is 8.54. The van der Waals surface area contributed by atoms with Gasteiger partial charge < -0.3 is 10.2 Å². The lowest BCUT2D eigenvalue weighted by molar-refractivity contribution is -0.153. The van der Waals surface area contributed by atoms with Crippen molar-refractivity contribution < 1.29 is 9.59 Å². The Kier molecular flexibility index (Phi) is 3.29. The van der Waals surface area contributed by atoms with Crippen molar-refractivity contribution in [2.24, 2.45) is 11.3 Å². The van der Waals surface area contributed by atoms with E-state index in [1.54, 1.807) is 4.90 Å². The third kappa shape index (κ3) is 1.86. The molecule has 1 unspecified atom stereocenters. The Balaban J connectivity index is 2.17. The van der Waals surface area contributed by atoms with Gasteiger partial charge in [0.25, 0.3) is 0 Å². The lowest BCUT2D eigenvalue weighted by atomic mass is 9.62. The highest BCUT2D eigenvalue weighted by Gasteiger charge is 2.52. The molecule has 1 aliphatic heterocycles. The summed E-state index contributed by atoms with van der Waals surface area (Å²) in [6.45, 7) is 4.93. The zero-order valence-corrected chi connectivity index (χ0v) is 10.9. The van der Waals surface area contributed by atoms with Crippen LogP contribution in [0.25, 0.3) is 0 Å². The van der Waals surface area contributed by atoms with Crippen molar-refractivity contribution in [3.63, 3.8) is 0 Å². The van der Waals surface area contributed by atoms with Crippen LogP contribution in [0.5, 0.6) is 0 Å². The Morgan fingerprint density at radius 1 is 1.61 bits per heavy atom. The van der Waals surface area contributed by atoms with Crippen LogP contribution in [0.15, 0.2) is 0 Å². The summed E-state index contributed by atoms with van der Waals surface area (Å²) in [5, 5.41) is 12.0. The molecule has 0 aromatic rings. The van der Waals surface area contributed by atoms with E-state index in [0.29, 0.717) is 38.3 Å². The summed E-state index contributed by atoms with van der Waals surface area (Å²) in [5.74, 6) is 0.176. The van der Waals surface area contributed by atoms with Gasteiger partial charge in [0.1, 0.15) is 11.5 Å². The first kappa shape index (κ1) is 12.9. The van der Waals surface area contributed by atoms with Crippen molar-refractivity contribution in [3.8, 4) is 6.07 Å². The fraction of sp³-hybridized carbons (Fsp3) is 0.769. The number of hydrogen-bond donors (Lipinski definition) is 1. The second-order valence-corrected chi connectivity index (χ2v) is 5.42. The summed E-state index contributed by atoms with van der Waals surface area (Å²) in [4.78, 5) is 25.9. The maximum atomic E-state index is 12.5. The summed E-state index contributed by atoms with van der Waals surface area (Å²) in [6, 6.07) is 1.77. The van der Waals surface area contributed by atoms with Gasteiger partial charge >= 0.3 is 0 Å². The monoisotopic (exact) mass is 249 g/mol. The maximum Gasteiger partial charge on any atom is 0.243 e. The molecule has 1 aliphatic carbocycles. The molecule has 2 aliphatic rings. The maximum absolute atomic E-state index is 12.5. The molecule has 98 valence electrons. The van der Waals surface area contributed by atoms with Crippen molar-refractivity contribution in [1.82, 2.24) is 10.2 Å². The minimum Gasteiger partial charge on any atom is -0.353 e. The van der Waals surface area contributed by atoms with E-state index < -0.39 is 11.5 Å². The highest BCUT2D eigenvalue weighted by molar-refractivity contribution is 5.93. The van der Waals surface area contributed by atoms with Gasteiger partial charge in [-0.25, -0.2) is 0 Å². The summed E-state index contributed by atoms with van der Waals surface area (Å²) in [7, 11) is 0. The highest BCUT2D eigenvalue weighted by atomic mass is 16.2. The molecule has 1 saturated carbocycles. The van der Waals surface area contributed by atoms with Gasteiger partial charge in [-0.05, 0) is 25.2 Å². The SMILES string of the molecule is CCC1C(=O)NCCN1C(=O)C1(C#N)CC(C)C1. The molecular formula is C13H19N3O2. The van der Waals surface area contributed by atoms with E-state index in [0.717, 1.165) is 0 Å². The van der Waals surface area contributed by atoms with Crippen LogP contribution in [0, 0.1) is 22.7 Å². The highest BCUT2D eigenvalue weighted by Crippen LogP contribution is 2.46. The number of nitriles is 1. The van der Waals surface area contributed by atoms with E-state index in [1.165, 1.54) is 0 Å². The van der Waals surface area contributed by atoms with E-state index in [2.05, 4.69) is 11.4 Å². The van der Waals surface area contributed by atoms with Gasteiger partial charge in [0.05, 0.1) is 6.07 Å². The van der Waals surface area contributed by atoms with Gasteiger partial charge in [-0.1, -0.05) is 13.8 Å². The van der Waals surface area contributed by atoms with Crippen LogP contribution in [0.2, 0.25) is 0 Å². The number of rotatable bonds is 2. The van der Waals surface area contributed by atoms with Gasteiger partial charge in [-0.2, -0.15) is 5.26 Å². The molecule has 2 fully saturated rings. The van der Waals surface area contributed by atoms with Crippen molar-refractivity contribution in [2.45, 2.75) is 39.2 Å². The minimum absolute atomic E-state index is 0.0995. The summed E-state index contributed by atoms with van der Waals surface area (Å²) < 4.78 is 0. The van der Waals surface area contributed by atoms with Crippen LogP contribution in [-0.2, 0) is 9.59 Å². The molecule has 1 heterocycles. The van der Waals surface area contributed by atoms with Crippen LogP contribution >= 0.6 is 0 Å². The molecule has 0 spiro atoms. The average Bonchev–Trinajstić information content (AvgIpc) is 2.33. The van der Waals surface area contributed by atoms with Crippen molar-refractivity contribution in [1.29, 1.82) is 5.26 Å². The third-order valence-electron chi connectivity index (χ3n) is 4.00. The molecule has 1 N–H and O–H groups in total. The molecule has 2 amide bonds. The molecule has 1 saturated heterocycles. The number of carbonyl (C=O) groups is 2. The molecule has 5 nitrogen and oxygen atoms in total. The molecule has 0 aromatic carbocycles. The van der Waals surface area contributed by atoms with Crippen LogP contribution in [0.3, 0.4) is 0 Å². The largest absolute Gasteiger partial charge is 0.353 e. The zero-order chi connectivity index (χ0) is 13.3. The fourth-order valence-electron chi connectivity index (χ4n) is 3.08. The Hall–Kier alpha value is -1.57. The Morgan fingerprint density at radius 3 is 2.78 bits per heavy atom. The predicted molar refractivity (Wildman–Crippen MR) is 65.2 cm³/mol. The second-order valence-electron chi connectivity index (χ2n) is 5.42. The van der Waals surface area contributed by atoms with Gasteiger partial charge in [-0.3, -0.25) is 9.59 Å². The van der Waals surface area contributed by atoms with E-state index in [-0.39, 0.29) is 11.8 Å². The molecule has 0 bridgehead atoms. The van der Waals surface area contributed by atoms with E-state index >= 15 is 0 Å². The van der Waals surface area contributed by atoms with Gasteiger partial charge in [0.2, 0.25) is 11.8 Å². The smallest absolute Gasteiger partial charge is 0.243 e. The number of carbonyl (C=O) groups excluding carboxylic acids is 2. The topological polar surface area (TPSA) is 73.2 Å². The Labute approximate surface area is 107 Å². The number of hydrogen-bond acceptors (Lipinski definition) is 3. The molecule has 0 aromatic heterocycles. The normalized spacial score (nSPS) is 35.4. The minimum atomic E-state index is -0.871. The quantitative estimate of drug-likeness (QED) is 0.781. The van der Waals surface area contributed by atoms with E-state index in [4.69, 9.17) is 0 Å². The van der Waals surface area contributed by atoms with Gasteiger partial charge in [-0.15, -0.1) is 0 Å². The van der Waals surface area contributed by atoms with Crippen LogP contribution < -0.4 is 5.32 Å². The van der Waals surface area contributed by atoms with Crippen molar-refractivity contribution in [2.75, 3.05) is 13.1 Å². The molecule has 5 heteroatoms. The zero-order valence-electron chi connectivity index (χ0n) is 10.9. The van der Waals surface area contributed by atoms with E-state index in [1.807, 2.05) is 13.8 Å². The number of amides is 2. The van der Waals surface area contributed by atoms with E-state index in [9.17, 15) is 14.9 Å². The van der Waals surface area contributed by atoms with Crippen LogP contribution in [-0.4, -0.2) is 35.8 Å². The third-order valence-corrected chi connectivity index (χ3v) is 4.00. The predicted octanol–water partition coefficient (Wildman–Crippen LogP) is 0.663. The molecule has 0 radical (unpaired) electrons. The Morgan fingerprint density at radius 2 is 2.28 bits per heavy atom. The molecule has 2 rings (SSSR count). The lowest BCUT2D eigenvalue weighted by Crippen LogP contribution is -2.61. The van der Waals surface area contributed by atoms with Crippen molar-refractivity contribution in [3.05, 3.63) is 0 Å². The number of piperazine rings is 1. The number of nitrogens with zero attached hydrogens (tertiary/aromatic N) is 2. The second kappa shape index (κ2) is 4.60. The van der Waals surface area contributed by atoms with Gasteiger partial charge in [0.15, 0.2) is 0 Å². The van der Waals surface area contributed by atoms with Crippen LogP contribution in [0.1, 0.15) is 33.1 Å². The summed E-state index contributed by atoms with van der Waals surface area (Å²) in [6.07, 6.45) is 1.84. The fourth-order valence-corrected chi connectivity index (χ4v) is 3.08. The summed E-state index contributed by atoms with van der Waals surface area (Å²) >= 11 is 0. The lowest BCUT2D eigenvalue weighted by Gasteiger charge is -2.45. The average molecular weight is 249 g/mol. The number of nitrogens with one attached hydrogen (secondary N) is 1. The first-order valence-corrected chi connectivity index (χ1v) is 6.54. The molecule has 18 heavy (non-hydrogen) atoms. The van der Waals surface area contributed by atoms with Crippen LogP contribution in [0.4, 0.5) is 0 Å². The van der Waals surface area contributed by atoms with Gasteiger partial charge in [0, 0.05) is 13.1 Å². The molecule has 1 atom stereocenters. The molecular weight excluding hydrogens is 230 g/mol. The summed E-state index contributed by atoms with van der Waals surface area (Å²) in [5.41, 5.74) is -0.871.